The molecule has 0 saturated heterocycles. The number of pyridine rings is 1. The van der Waals surface area contributed by atoms with E-state index < -0.39 is 0 Å². The maximum Gasteiger partial charge on any atom is 0.213 e. The molecular formula is C20H22N+. The van der Waals surface area contributed by atoms with Crippen LogP contribution in [0, 0.1) is 6.92 Å². The minimum absolute atomic E-state index is 0.572. The molecule has 1 nitrogen and oxygen atoms in total. The van der Waals surface area contributed by atoms with E-state index in [1.807, 2.05) is 0 Å². The van der Waals surface area contributed by atoms with E-state index in [0.717, 1.165) is 0 Å². The van der Waals surface area contributed by atoms with Crippen LogP contribution in [0.3, 0.4) is 0 Å². The van der Waals surface area contributed by atoms with Crippen LogP contribution in [0.15, 0.2) is 54.7 Å². The molecule has 0 aliphatic rings. The average molecular weight is 276 g/mol. The van der Waals surface area contributed by atoms with Gasteiger partial charge in [0.25, 0.3) is 0 Å². The van der Waals surface area contributed by atoms with Crippen LogP contribution in [-0.2, 0) is 7.05 Å². The second kappa shape index (κ2) is 5.33. The van der Waals surface area contributed by atoms with Gasteiger partial charge in [-0.05, 0) is 41.5 Å². The van der Waals surface area contributed by atoms with Crippen molar-refractivity contribution in [3.63, 3.8) is 0 Å². The molecule has 0 spiro atoms. The van der Waals surface area contributed by atoms with Gasteiger partial charge in [-0.2, -0.15) is 0 Å². The van der Waals surface area contributed by atoms with Crippen LogP contribution in [0.4, 0.5) is 0 Å². The first kappa shape index (κ1) is 13.8. The van der Waals surface area contributed by atoms with E-state index in [-0.39, 0.29) is 0 Å². The Bertz CT molecular complexity index is 800. The zero-order valence-electron chi connectivity index (χ0n) is 13.2. The summed E-state index contributed by atoms with van der Waals surface area (Å²) < 4.78 is 2.22. The van der Waals surface area contributed by atoms with Crippen LogP contribution < -0.4 is 4.57 Å². The Morgan fingerprint density at radius 3 is 2.29 bits per heavy atom. The number of hydrogen-bond acceptors (Lipinski definition) is 0. The number of rotatable bonds is 2. The fraction of sp³-hybridized carbons (Fsp3) is 0.250. The highest BCUT2D eigenvalue weighted by molar-refractivity contribution is 5.84. The Labute approximate surface area is 126 Å². The number of fused-ring (bicyclic) bond motifs is 1. The Kier molecular flexibility index (Phi) is 3.50. The maximum atomic E-state index is 2.31. The van der Waals surface area contributed by atoms with Gasteiger partial charge in [0.05, 0.1) is 0 Å². The minimum atomic E-state index is 0.572. The predicted molar refractivity (Wildman–Crippen MR) is 89.4 cm³/mol. The lowest BCUT2D eigenvalue weighted by Crippen LogP contribution is -2.30. The van der Waals surface area contributed by atoms with Crippen molar-refractivity contribution in [1.29, 1.82) is 0 Å². The third-order valence-electron chi connectivity index (χ3n) is 4.19. The Morgan fingerprint density at radius 2 is 1.62 bits per heavy atom. The zero-order chi connectivity index (χ0) is 15.0. The normalized spacial score (nSPS) is 11.3. The van der Waals surface area contributed by atoms with Gasteiger partial charge in [-0.15, -0.1) is 0 Å². The molecule has 2 aromatic carbocycles. The quantitative estimate of drug-likeness (QED) is 0.594. The van der Waals surface area contributed by atoms with Crippen LogP contribution in [-0.4, -0.2) is 0 Å². The van der Waals surface area contributed by atoms with Crippen LogP contribution in [0.2, 0.25) is 0 Å². The van der Waals surface area contributed by atoms with Crippen molar-refractivity contribution in [3.8, 4) is 11.3 Å². The first-order valence-corrected chi connectivity index (χ1v) is 7.55. The Morgan fingerprint density at radius 1 is 0.905 bits per heavy atom. The smallest absolute Gasteiger partial charge is 0.200 e. The maximum absolute atomic E-state index is 2.31. The van der Waals surface area contributed by atoms with Gasteiger partial charge < -0.3 is 0 Å². The fourth-order valence-electron chi connectivity index (χ4n) is 2.89. The molecule has 0 N–H and O–H groups in total. The summed E-state index contributed by atoms with van der Waals surface area (Å²) >= 11 is 0. The summed E-state index contributed by atoms with van der Waals surface area (Å²) in [6, 6.07) is 17.6. The van der Waals surface area contributed by atoms with E-state index in [9.17, 15) is 0 Å². The summed E-state index contributed by atoms with van der Waals surface area (Å²) in [7, 11) is 2.12. The lowest BCUT2D eigenvalue weighted by atomic mass is 9.96. The molecule has 0 aliphatic carbocycles. The minimum Gasteiger partial charge on any atom is -0.200 e. The molecule has 0 bridgehead atoms. The van der Waals surface area contributed by atoms with Crippen LogP contribution in [0.1, 0.15) is 30.9 Å². The Hall–Kier alpha value is -2.15. The van der Waals surface area contributed by atoms with Crippen LogP contribution >= 0.6 is 0 Å². The van der Waals surface area contributed by atoms with E-state index in [4.69, 9.17) is 0 Å². The second-order valence-electron chi connectivity index (χ2n) is 6.13. The van der Waals surface area contributed by atoms with E-state index in [2.05, 4.69) is 87.1 Å². The van der Waals surface area contributed by atoms with Gasteiger partial charge in [-0.1, -0.05) is 44.2 Å². The summed E-state index contributed by atoms with van der Waals surface area (Å²) in [6.45, 7) is 6.69. The van der Waals surface area contributed by atoms with Gasteiger partial charge >= 0.3 is 0 Å². The first-order chi connectivity index (χ1) is 10.1. The van der Waals surface area contributed by atoms with E-state index >= 15 is 0 Å². The molecule has 106 valence electrons. The van der Waals surface area contributed by atoms with Gasteiger partial charge in [0.1, 0.15) is 7.05 Å². The van der Waals surface area contributed by atoms with Crippen molar-refractivity contribution >= 4 is 10.8 Å². The summed E-state index contributed by atoms with van der Waals surface area (Å²) in [5.41, 5.74) is 5.32. The van der Waals surface area contributed by atoms with Gasteiger partial charge in [-0.3, -0.25) is 0 Å². The van der Waals surface area contributed by atoms with Gasteiger partial charge in [0, 0.05) is 17.0 Å². The molecule has 0 radical (unpaired) electrons. The molecule has 0 atom stereocenters. The van der Waals surface area contributed by atoms with Crippen molar-refractivity contribution in [2.75, 3.05) is 0 Å². The number of benzene rings is 2. The van der Waals surface area contributed by atoms with Gasteiger partial charge in [-0.25, -0.2) is 4.57 Å². The third kappa shape index (κ3) is 2.56. The standard InChI is InChI=1S/C20H22N/c1-14(2)16-9-10-19(15(3)11-16)20-12-17-7-5-6-8-18(17)13-21(20)4/h5-14H,1-4H3/q+1. The third-order valence-corrected chi connectivity index (χ3v) is 4.19. The van der Waals surface area contributed by atoms with Crippen molar-refractivity contribution in [1.82, 2.24) is 0 Å². The zero-order valence-corrected chi connectivity index (χ0v) is 13.2. The lowest BCUT2D eigenvalue weighted by Gasteiger charge is -2.10. The van der Waals surface area contributed by atoms with Crippen molar-refractivity contribution < 1.29 is 4.57 Å². The number of aryl methyl sites for hydroxylation is 2. The Balaban J connectivity index is 2.18. The van der Waals surface area contributed by atoms with Crippen molar-refractivity contribution in [2.45, 2.75) is 26.7 Å². The molecule has 1 heteroatoms. The van der Waals surface area contributed by atoms with E-state index in [1.165, 1.54) is 33.2 Å². The topological polar surface area (TPSA) is 3.88 Å². The molecule has 0 unspecified atom stereocenters. The molecule has 1 aromatic heterocycles. The van der Waals surface area contributed by atoms with E-state index in [1.54, 1.807) is 0 Å². The van der Waals surface area contributed by atoms with Crippen molar-refractivity contribution in [2.24, 2.45) is 7.05 Å². The highest BCUT2D eigenvalue weighted by atomic mass is 14.9. The lowest BCUT2D eigenvalue weighted by molar-refractivity contribution is -0.659. The summed E-state index contributed by atoms with van der Waals surface area (Å²) in [4.78, 5) is 0. The van der Waals surface area contributed by atoms with Crippen LogP contribution in [0.25, 0.3) is 22.0 Å². The molecule has 3 rings (SSSR count). The molecular weight excluding hydrogens is 254 g/mol. The SMILES string of the molecule is Cc1cc(C(C)C)ccc1-c1cc2ccccc2c[n+]1C. The van der Waals surface area contributed by atoms with Crippen LogP contribution in [0.5, 0.6) is 0 Å². The molecule has 3 aromatic rings. The summed E-state index contributed by atoms with van der Waals surface area (Å²) in [5.74, 6) is 0.572. The van der Waals surface area contributed by atoms with Gasteiger partial charge in [0.2, 0.25) is 5.69 Å². The molecule has 0 fully saturated rings. The highest BCUT2D eigenvalue weighted by Crippen LogP contribution is 2.26. The second-order valence-corrected chi connectivity index (χ2v) is 6.13. The van der Waals surface area contributed by atoms with Crippen molar-refractivity contribution in [3.05, 3.63) is 65.9 Å². The summed E-state index contributed by atoms with van der Waals surface area (Å²) in [5, 5.41) is 2.57. The predicted octanol–water partition coefficient (Wildman–Crippen LogP) is 4.76. The molecule has 0 amide bonds. The number of aromatic nitrogens is 1. The molecule has 0 saturated carbocycles. The van der Waals surface area contributed by atoms with Gasteiger partial charge in [0.15, 0.2) is 6.20 Å². The first-order valence-electron chi connectivity index (χ1n) is 7.55. The number of hydrogen-bond donors (Lipinski definition) is 0. The largest absolute Gasteiger partial charge is 0.213 e. The highest BCUT2D eigenvalue weighted by Gasteiger charge is 2.14. The molecule has 1 heterocycles. The monoisotopic (exact) mass is 276 g/mol. The summed E-state index contributed by atoms with van der Waals surface area (Å²) in [6.07, 6.45) is 2.21. The fourth-order valence-corrected chi connectivity index (χ4v) is 2.89. The van der Waals surface area contributed by atoms with E-state index in [0.29, 0.717) is 5.92 Å². The molecule has 21 heavy (non-hydrogen) atoms. The number of nitrogens with zero attached hydrogens (tertiary/aromatic N) is 1. The molecule has 0 aliphatic heterocycles. The average Bonchev–Trinajstić information content (AvgIpc) is 2.46.